The summed E-state index contributed by atoms with van der Waals surface area (Å²) in [7, 11) is 0. The van der Waals surface area contributed by atoms with Gasteiger partial charge in [-0.05, 0) is 69.3 Å². The van der Waals surface area contributed by atoms with E-state index in [4.69, 9.17) is 0 Å². The number of likely N-dealkylation sites (tertiary alicyclic amines) is 1. The van der Waals surface area contributed by atoms with Crippen LogP contribution in [-0.4, -0.2) is 37.6 Å². The van der Waals surface area contributed by atoms with E-state index in [0.29, 0.717) is 0 Å². The molecular formula is C17H25FN2. The lowest BCUT2D eigenvalue weighted by atomic mass is 9.95. The van der Waals surface area contributed by atoms with E-state index in [1.54, 1.807) is 6.07 Å². The topological polar surface area (TPSA) is 6.48 Å². The van der Waals surface area contributed by atoms with Crippen molar-refractivity contribution in [1.82, 2.24) is 4.90 Å². The van der Waals surface area contributed by atoms with E-state index in [0.717, 1.165) is 30.3 Å². The van der Waals surface area contributed by atoms with E-state index in [2.05, 4.69) is 9.80 Å². The van der Waals surface area contributed by atoms with Crippen LogP contribution < -0.4 is 4.90 Å². The van der Waals surface area contributed by atoms with Crippen molar-refractivity contribution in [3.05, 3.63) is 29.6 Å². The SMILES string of the molecule is Cc1ccc(N2CCC(CN3CCCC3)CC2)c(F)c1. The summed E-state index contributed by atoms with van der Waals surface area (Å²) < 4.78 is 14.0. The number of hydrogen-bond donors (Lipinski definition) is 0. The van der Waals surface area contributed by atoms with Crippen molar-refractivity contribution < 1.29 is 4.39 Å². The Hall–Kier alpha value is -1.09. The second-order valence-corrected chi connectivity index (χ2v) is 6.39. The van der Waals surface area contributed by atoms with Crippen LogP contribution in [0.25, 0.3) is 0 Å². The van der Waals surface area contributed by atoms with Gasteiger partial charge in [0.15, 0.2) is 0 Å². The number of halogens is 1. The van der Waals surface area contributed by atoms with Gasteiger partial charge in [-0.2, -0.15) is 0 Å². The van der Waals surface area contributed by atoms with E-state index < -0.39 is 0 Å². The Morgan fingerprint density at radius 1 is 1.10 bits per heavy atom. The number of piperidine rings is 1. The number of anilines is 1. The van der Waals surface area contributed by atoms with Crippen LogP contribution in [0.2, 0.25) is 0 Å². The van der Waals surface area contributed by atoms with Crippen LogP contribution in [0.1, 0.15) is 31.2 Å². The number of rotatable bonds is 3. The fraction of sp³-hybridized carbons (Fsp3) is 0.647. The fourth-order valence-electron chi connectivity index (χ4n) is 3.56. The Morgan fingerprint density at radius 2 is 1.80 bits per heavy atom. The second kappa shape index (κ2) is 6.13. The molecule has 110 valence electrons. The first-order valence-electron chi connectivity index (χ1n) is 7.96. The highest BCUT2D eigenvalue weighted by Gasteiger charge is 2.24. The Bertz CT molecular complexity index is 446. The molecule has 2 fully saturated rings. The number of aryl methyl sites for hydroxylation is 1. The van der Waals surface area contributed by atoms with Gasteiger partial charge in [0.05, 0.1) is 5.69 Å². The molecule has 0 bridgehead atoms. The summed E-state index contributed by atoms with van der Waals surface area (Å²) in [4.78, 5) is 4.82. The number of benzene rings is 1. The van der Waals surface area contributed by atoms with Crippen molar-refractivity contribution in [2.45, 2.75) is 32.6 Å². The van der Waals surface area contributed by atoms with Crippen molar-refractivity contribution in [3.63, 3.8) is 0 Å². The van der Waals surface area contributed by atoms with E-state index >= 15 is 0 Å². The molecule has 0 atom stereocenters. The lowest BCUT2D eigenvalue weighted by molar-refractivity contribution is 0.249. The lowest BCUT2D eigenvalue weighted by Crippen LogP contribution is -2.38. The molecule has 0 amide bonds. The van der Waals surface area contributed by atoms with Crippen LogP contribution in [0, 0.1) is 18.7 Å². The summed E-state index contributed by atoms with van der Waals surface area (Å²) in [6.07, 6.45) is 5.13. The van der Waals surface area contributed by atoms with Gasteiger partial charge >= 0.3 is 0 Å². The average molecular weight is 276 g/mol. The van der Waals surface area contributed by atoms with E-state index in [9.17, 15) is 4.39 Å². The monoisotopic (exact) mass is 276 g/mol. The van der Waals surface area contributed by atoms with Gasteiger partial charge in [0.1, 0.15) is 5.82 Å². The molecule has 2 aliphatic rings. The summed E-state index contributed by atoms with van der Waals surface area (Å²) in [6.45, 7) is 7.76. The first-order valence-corrected chi connectivity index (χ1v) is 7.96. The normalized spacial score (nSPS) is 21.6. The zero-order valence-corrected chi connectivity index (χ0v) is 12.4. The van der Waals surface area contributed by atoms with Crippen molar-refractivity contribution in [2.75, 3.05) is 37.6 Å². The summed E-state index contributed by atoms with van der Waals surface area (Å²) in [5.41, 5.74) is 1.78. The zero-order valence-electron chi connectivity index (χ0n) is 12.4. The lowest BCUT2D eigenvalue weighted by Gasteiger charge is -2.35. The maximum Gasteiger partial charge on any atom is 0.146 e. The molecule has 0 radical (unpaired) electrons. The molecule has 3 heteroatoms. The molecule has 20 heavy (non-hydrogen) atoms. The fourth-order valence-corrected chi connectivity index (χ4v) is 3.56. The van der Waals surface area contributed by atoms with E-state index in [1.807, 2.05) is 19.1 Å². The quantitative estimate of drug-likeness (QED) is 0.834. The third-order valence-electron chi connectivity index (χ3n) is 4.77. The molecule has 0 spiro atoms. The largest absolute Gasteiger partial charge is 0.369 e. The van der Waals surface area contributed by atoms with Gasteiger partial charge in [-0.25, -0.2) is 4.39 Å². The number of nitrogens with zero attached hydrogens (tertiary/aromatic N) is 2. The highest BCUT2D eigenvalue weighted by atomic mass is 19.1. The molecule has 1 aromatic carbocycles. The van der Waals surface area contributed by atoms with Crippen LogP contribution >= 0.6 is 0 Å². The van der Waals surface area contributed by atoms with Crippen LogP contribution in [0.5, 0.6) is 0 Å². The average Bonchev–Trinajstić information content (AvgIpc) is 2.93. The van der Waals surface area contributed by atoms with Gasteiger partial charge in [-0.3, -0.25) is 0 Å². The van der Waals surface area contributed by atoms with E-state index in [-0.39, 0.29) is 5.82 Å². The van der Waals surface area contributed by atoms with Crippen molar-refractivity contribution in [3.8, 4) is 0 Å². The summed E-state index contributed by atoms with van der Waals surface area (Å²) in [6, 6.07) is 5.59. The maximum absolute atomic E-state index is 14.0. The van der Waals surface area contributed by atoms with E-state index in [1.165, 1.54) is 45.3 Å². The summed E-state index contributed by atoms with van der Waals surface area (Å²) >= 11 is 0. The molecule has 0 unspecified atom stereocenters. The first kappa shape index (κ1) is 13.9. The maximum atomic E-state index is 14.0. The predicted molar refractivity (Wildman–Crippen MR) is 81.7 cm³/mol. The van der Waals surface area contributed by atoms with Crippen LogP contribution in [0.3, 0.4) is 0 Å². The van der Waals surface area contributed by atoms with Gasteiger partial charge in [-0.15, -0.1) is 0 Å². The molecule has 2 saturated heterocycles. The molecule has 0 saturated carbocycles. The Morgan fingerprint density at radius 3 is 2.45 bits per heavy atom. The summed E-state index contributed by atoms with van der Waals surface area (Å²) in [5.74, 6) is 0.737. The van der Waals surface area contributed by atoms with Gasteiger partial charge in [0, 0.05) is 19.6 Å². The molecule has 3 rings (SSSR count). The Labute approximate surface area is 121 Å². The van der Waals surface area contributed by atoms with Gasteiger partial charge in [0.25, 0.3) is 0 Å². The third kappa shape index (κ3) is 3.14. The minimum atomic E-state index is -0.0667. The summed E-state index contributed by atoms with van der Waals surface area (Å²) in [5, 5.41) is 0. The molecule has 1 aromatic rings. The zero-order chi connectivity index (χ0) is 13.9. The van der Waals surface area contributed by atoms with Crippen molar-refractivity contribution in [1.29, 1.82) is 0 Å². The number of hydrogen-bond acceptors (Lipinski definition) is 2. The minimum Gasteiger partial charge on any atom is -0.369 e. The van der Waals surface area contributed by atoms with Gasteiger partial charge in [-0.1, -0.05) is 6.07 Å². The van der Waals surface area contributed by atoms with Crippen molar-refractivity contribution >= 4 is 5.69 Å². The molecular weight excluding hydrogens is 251 g/mol. The molecule has 0 aliphatic carbocycles. The second-order valence-electron chi connectivity index (χ2n) is 6.39. The van der Waals surface area contributed by atoms with Gasteiger partial charge < -0.3 is 9.80 Å². The molecule has 0 aromatic heterocycles. The van der Waals surface area contributed by atoms with Crippen LogP contribution in [0.4, 0.5) is 10.1 Å². The molecule has 2 heterocycles. The van der Waals surface area contributed by atoms with Crippen LogP contribution in [-0.2, 0) is 0 Å². The molecule has 0 N–H and O–H groups in total. The third-order valence-corrected chi connectivity index (χ3v) is 4.77. The standard InChI is InChI=1S/C17H25FN2/c1-14-4-5-17(16(18)12-14)20-10-6-15(7-11-20)13-19-8-2-3-9-19/h4-5,12,15H,2-3,6-11,13H2,1H3. The van der Waals surface area contributed by atoms with Crippen molar-refractivity contribution in [2.24, 2.45) is 5.92 Å². The predicted octanol–water partition coefficient (Wildman–Crippen LogP) is 3.45. The highest BCUT2D eigenvalue weighted by molar-refractivity contribution is 5.49. The Balaban J connectivity index is 1.55. The highest BCUT2D eigenvalue weighted by Crippen LogP contribution is 2.27. The van der Waals surface area contributed by atoms with Gasteiger partial charge in [0.2, 0.25) is 0 Å². The minimum absolute atomic E-state index is 0.0667. The Kier molecular flexibility index (Phi) is 4.25. The first-order chi connectivity index (χ1) is 9.72. The molecule has 2 aliphatic heterocycles. The smallest absolute Gasteiger partial charge is 0.146 e. The molecule has 2 nitrogen and oxygen atoms in total. The van der Waals surface area contributed by atoms with Crippen LogP contribution in [0.15, 0.2) is 18.2 Å².